The number of nitrogens with one attached hydrogen (secondary N) is 1. The molecule has 88 valence electrons. The van der Waals surface area contributed by atoms with Gasteiger partial charge in [-0.3, -0.25) is 0 Å². The summed E-state index contributed by atoms with van der Waals surface area (Å²) in [6.07, 6.45) is 0. The minimum atomic E-state index is -0.923. The van der Waals surface area contributed by atoms with Crippen LogP contribution in [-0.2, 0) is 6.54 Å². The van der Waals surface area contributed by atoms with Crippen molar-refractivity contribution in [1.29, 1.82) is 0 Å². The molecule has 1 heterocycles. The van der Waals surface area contributed by atoms with Crippen molar-refractivity contribution in [3.8, 4) is 0 Å². The molecule has 0 aliphatic heterocycles. The Bertz CT molecular complexity index is 523. The molecule has 2 rings (SSSR count). The molecule has 0 amide bonds. The van der Waals surface area contributed by atoms with Gasteiger partial charge in [0.1, 0.15) is 4.88 Å². The standard InChI is InChI=1S/C12H12N2O2S/c1-8-10(11(15)16)17-12(14-8)13-7-9-5-3-2-4-6-9/h2-6H,7H2,1H3,(H,13,14)(H,15,16). The number of aryl methyl sites for hydroxylation is 1. The van der Waals surface area contributed by atoms with Crippen LogP contribution in [0.4, 0.5) is 5.13 Å². The third-order valence-corrected chi connectivity index (χ3v) is 3.38. The molecule has 2 aromatic rings. The van der Waals surface area contributed by atoms with Crippen LogP contribution in [0, 0.1) is 6.92 Å². The molecule has 2 N–H and O–H groups in total. The summed E-state index contributed by atoms with van der Waals surface area (Å²) < 4.78 is 0. The summed E-state index contributed by atoms with van der Waals surface area (Å²) in [6.45, 7) is 2.35. The third-order valence-electron chi connectivity index (χ3n) is 2.28. The Morgan fingerprint density at radius 1 is 1.41 bits per heavy atom. The molecule has 0 radical (unpaired) electrons. The number of rotatable bonds is 4. The van der Waals surface area contributed by atoms with E-state index < -0.39 is 5.97 Å². The fraction of sp³-hybridized carbons (Fsp3) is 0.167. The van der Waals surface area contributed by atoms with E-state index in [4.69, 9.17) is 5.11 Å². The summed E-state index contributed by atoms with van der Waals surface area (Å²) in [4.78, 5) is 15.3. The highest BCUT2D eigenvalue weighted by Crippen LogP contribution is 2.22. The molecule has 5 heteroatoms. The number of thiazole rings is 1. The molecule has 1 aromatic carbocycles. The lowest BCUT2D eigenvalue weighted by atomic mass is 10.2. The lowest BCUT2D eigenvalue weighted by molar-refractivity contribution is 0.0701. The average Bonchev–Trinajstić information content (AvgIpc) is 2.69. The fourth-order valence-corrected chi connectivity index (χ4v) is 2.24. The average molecular weight is 248 g/mol. The first-order valence-corrected chi connectivity index (χ1v) is 5.97. The number of aromatic nitrogens is 1. The minimum absolute atomic E-state index is 0.292. The summed E-state index contributed by atoms with van der Waals surface area (Å²) in [7, 11) is 0. The largest absolute Gasteiger partial charge is 0.477 e. The Morgan fingerprint density at radius 3 is 2.71 bits per heavy atom. The van der Waals surface area contributed by atoms with Crippen molar-refractivity contribution in [2.24, 2.45) is 0 Å². The predicted octanol–water partition coefficient (Wildman–Crippen LogP) is 2.76. The fourth-order valence-electron chi connectivity index (χ4n) is 1.44. The summed E-state index contributed by atoms with van der Waals surface area (Å²) in [5.41, 5.74) is 1.69. The molecule has 0 unspecified atom stereocenters. The van der Waals surface area contributed by atoms with E-state index in [1.165, 1.54) is 11.3 Å². The van der Waals surface area contributed by atoms with Crippen LogP contribution < -0.4 is 5.32 Å². The highest BCUT2D eigenvalue weighted by atomic mass is 32.1. The van der Waals surface area contributed by atoms with E-state index in [1.54, 1.807) is 6.92 Å². The van der Waals surface area contributed by atoms with E-state index >= 15 is 0 Å². The smallest absolute Gasteiger partial charge is 0.347 e. The second-order valence-corrected chi connectivity index (χ2v) is 4.58. The molecule has 0 aliphatic rings. The van der Waals surface area contributed by atoms with Crippen LogP contribution in [0.3, 0.4) is 0 Å². The highest BCUT2D eigenvalue weighted by molar-refractivity contribution is 7.17. The number of aromatic carboxylic acids is 1. The first-order chi connectivity index (χ1) is 8.16. The molecule has 0 atom stereocenters. The number of benzene rings is 1. The normalized spacial score (nSPS) is 10.2. The number of hydrogen-bond donors (Lipinski definition) is 2. The van der Waals surface area contributed by atoms with E-state index in [9.17, 15) is 4.79 Å². The van der Waals surface area contributed by atoms with Gasteiger partial charge in [0, 0.05) is 6.54 Å². The summed E-state index contributed by atoms with van der Waals surface area (Å²) >= 11 is 1.17. The second-order valence-electron chi connectivity index (χ2n) is 3.58. The van der Waals surface area contributed by atoms with Gasteiger partial charge in [-0.05, 0) is 12.5 Å². The quantitative estimate of drug-likeness (QED) is 0.873. The van der Waals surface area contributed by atoms with Crippen molar-refractivity contribution < 1.29 is 9.90 Å². The van der Waals surface area contributed by atoms with Gasteiger partial charge in [-0.15, -0.1) is 0 Å². The van der Waals surface area contributed by atoms with Crippen LogP contribution in [0.15, 0.2) is 30.3 Å². The van der Waals surface area contributed by atoms with Gasteiger partial charge in [0.25, 0.3) is 0 Å². The molecule has 0 spiro atoms. The van der Waals surface area contributed by atoms with Crippen molar-refractivity contribution in [2.75, 3.05) is 5.32 Å². The van der Waals surface area contributed by atoms with Gasteiger partial charge in [-0.2, -0.15) is 0 Å². The zero-order chi connectivity index (χ0) is 12.3. The lowest BCUT2D eigenvalue weighted by Crippen LogP contribution is -1.98. The van der Waals surface area contributed by atoms with Crippen molar-refractivity contribution >= 4 is 22.4 Å². The zero-order valence-corrected chi connectivity index (χ0v) is 10.1. The number of hydrogen-bond acceptors (Lipinski definition) is 4. The second kappa shape index (κ2) is 4.97. The lowest BCUT2D eigenvalue weighted by Gasteiger charge is -2.01. The Kier molecular flexibility index (Phi) is 3.39. The van der Waals surface area contributed by atoms with Gasteiger partial charge in [0.05, 0.1) is 5.69 Å². The van der Waals surface area contributed by atoms with E-state index in [2.05, 4.69) is 10.3 Å². The Labute approximate surface area is 103 Å². The highest BCUT2D eigenvalue weighted by Gasteiger charge is 2.13. The van der Waals surface area contributed by atoms with E-state index in [0.29, 0.717) is 22.2 Å². The van der Waals surface area contributed by atoms with Gasteiger partial charge in [-0.25, -0.2) is 9.78 Å². The molecular formula is C12H12N2O2S. The predicted molar refractivity (Wildman–Crippen MR) is 67.6 cm³/mol. The van der Waals surface area contributed by atoms with Crippen molar-refractivity contribution in [3.05, 3.63) is 46.5 Å². The van der Waals surface area contributed by atoms with Gasteiger partial charge in [0.2, 0.25) is 0 Å². The zero-order valence-electron chi connectivity index (χ0n) is 9.30. The number of carbonyl (C=O) groups is 1. The van der Waals surface area contributed by atoms with E-state index in [0.717, 1.165) is 5.56 Å². The van der Waals surface area contributed by atoms with Crippen molar-refractivity contribution in [1.82, 2.24) is 4.98 Å². The molecule has 4 nitrogen and oxygen atoms in total. The molecule has 0 fully saturated rings. The molecule has 0 bridgehead atoms. The maximum absolute atomic E-state index is 10.9. The van der Waals surface area contributed by atoms with Crippen LogP contribution >= 0.6 is 11.3 Å². The summed E-state index contributed by atoms with van der Waals surface area (Å²) in [6, 6.07) is 9.90. The Hall–Kier alpha value is -1.88. The van der Waals surface area contributed by atoms with Crippen LogP contribution in [0.1, 0.15) is 20.9 Å². The van der Waals surface area contributed by atoms with Crippen LogP contribution in [0.25, 0.3) is 0 Å². The minimum Gasteiger partial charge on any atom is -0.477 e. The Balaban J connectivity index is 2.05. The molecule has 17 heavy (non-hydrogen) atoms. The first kappa shape index (κ1) is 11.6. The number of nitrogens with zero attached hydrogens (tertiary/aromatic N) is 1. The molecule has 0 saturated heterocycles. The van der Waals surface area contributed by atoms with Gasteiger partial charge in [-0.1, -0.05) is 41.7 Å². The molecular weight excluding hydrogens is 236 g/mol. The third kappa shape index (κ3) is 2.82. The van der Waals surface area contributed by atoms with Crippen molar-refractivity contribution in [2.45, 2.75) is 13.5 Å². The van der Waals surface area contributed by atoms with E-state index in [1.807, 2.05) is 30.3 Å². The molecule has 0 saturated carbocycles. The maximum atomic E-state index is 10.9. The monoisotopic (exact) mass is 248 g/mol. The number of carboxylic acid groups (broad SMARTS) is 1. The first-order valence-electron chi connectivity index (χ1n) is 5.15. The molecule has 1 aromatic heterocycles. The molecule has 0 aliphatic carbocycles. The summed E-state index contributed by atoms with van der Waals surface area (Å²) in [5, 5.41) is 12.7. The number of anilines is 1. The van der Waals surface area contributed by atoms with Gasteiger partial charge in [0.15, 0.2) is 5.13 Å². The van der Waals surface area contributed by atoms with Gasteiger partial charge < -0.3 is 10.4 Å². The topological polar surface area (TPSA) is 62.2 Å². The summed E-state index contributed by atoms with van der Waals surface area (Å²) in [5.74, 6) is -0.923. The maximum Gasteiger partial charge on any atom is 0.347 e. The number of carboxylic acids is 1. The van der Waals surface area contributed by atoms with Gasteiger partial charge >= 0.3 is 5.97 Å². The van der Waals surface area contributed by atoms with Crippen LogP contribution in [-0.4, -0.2) is 16.1 Å². The van der Waals surface area contributed by atoms with Crippen LogP contribution in [0.2, 0.25) is 0 Å². The van der Waals surface area contributed by atoms with Crippen molar-refractivity contribution in [3.63, 3.8) is 0 Å². The SMILES string of the molecule is Cc1nc(NCc2ccccc2)sc1C(=O)O. The van der Waals surface area contributed by atoms with Crippen LogP contribution in [0.5, 0.6) is 0 Å². The Morgan fingerprint density at radius 2 is 2.12 bits per heavy atom. The van der Waals surface area contributed by atoms with E-state index in [-0.39, 0.29) is 0 Å².